The maximum absolute atomic E-state index is 10.7. The number of aromatic nitrogens is 2. The number of carboxylic acids is 1. The fourth-order valence-electron chi connectivity index (χ4n) is 1.21. The number of rotatable bonds is 3. The van der Waals surface area contributed by atoms with E-state index in [1.54, 1.807) is 24.5 Å². The third-order valence-corrected chi connectivity index (χ3v) is 1.92. The van der Waals surface area contributed by atoms with E-state index >= 15 is 0 Å². The third kappa shape index (κ3) is 2.33. The molecule has 0 saturated heterocycles. The van der Waals surface area contributed by atoms with Gasteiger partial charge in [-0.05, 0) is 18.2 Å². The predicted molar refractivity (Wildman–Crippen MR) is 58.7 cm³/mol. The fraction of sp³-hybridized carbons (Fsp3) is 0. The first-order chi connectivity index (χ1) is 7.75. The van der Waals surface area contributed by atoms with Crippen molar-refractivity contribution in [2.45, 2.75) is 0 Å². The molecule has 0 aliphatic heterocycles. The Hall–Kier alpha value is -2.43. The van der Waals surface area contributed by atoms with E-state index in [4.69, 9.17) is 5.11 Å². The molecule has 2 aromatic rings. The number of nitrogens with zero attached hydrogens (tertiary/aromatic N) is 2. The van der Waals surface area contributed by atoms with Gasteiger partial charge in [0.1, 0.15) is 5.82 Å². The van der Waals surface area contributed by atoms with Crippen molar-refractivity contribution in [2.24, 2.45) is 0 Å². The summed E-state index contributed by atoms with van der Waals surface area (Å²) in [5.41, 5.74) is 0.736. The number of aromatic carboxylic acids is 1. The molecule has 0 atom stereocenters. The van der Waals surface area contributed by atoms with Gasteiger partial charge in [0.05, 0.1) is 17.4 Å². The van der Waals surface area contributed by atoms with Crippen LogP contribution in [0.25, 0.3) is 0 Å². The van der Waals surface area contributed by atoms with Crippen LogP contribution in [0.15, 0.2) is 42.9 Å². The topological polar surface area (TPSA) is 75.1 Å². The molecular weight excluding hydrogens is 206 g/mol. The fourth-order valence-corrected chi connectivity index (χ4v) is 1.21. The van der Waals surface area contributed by atoms with E-state index in [0.29, 0.717) is 11.5 Å². The van der Waals surface area contributed by atoms with Crippen LogP contribution in [0.4, 0.5) is 11.5 Å². The zero-order valence-electron chi connectivity index (χ0n) is 8.29. The summed E-state index contributed by atoms with van der Waals surface area (Å²) in [4.78, 5) is 18.6. The Morgan fingerprint density at radius 3 is 2.88 bits per heavy atom. The summed E-state index contributed by atoms with van der Waals surface area (Å²) < 4.78 is 0. The van der Waals surface area contributed by atoms with Gasteiger partial charge in [0, 0.05) is 12.4 Å². The van der Waals surface area contributed by atoms with Crippen LogP contribution in [0.5, 0.6) is 0 Å². The Balaban J connectivity index is 2.22. The number of carboxylic acid groups (broad SMARTS) is 1. The highest BCUT2D eigenvalue weighted by Crippen LogP contribution is 2.13. The molecular formula is C11H9N3O2. The minimum Gasteiger partial charge on any atom is -0.478 e. The molecule has 2 heterocycles. The Morgan fingerprint density at radius 1 is 1.31 bits per heavy atom. The van der Waals surface area contributed by atoms with Crippen LogP contribution >= 0.6 is 0 Å². The number of hydrogen-bond donors (Lipinski definition) is 2. The lowest BCUT2D eigenvalue weighted by molar-refractivity contribution is 0.0696. The number of anilines is 2. The molecule has 0 spiro atoms. The van der Waals surface area contributed by atoms with E-state index in [2.05, 4.69) is 15.3 Å². The summed E-state index contributed by atoms with van der Waals surface area (Å²) in [6.45, 7) is 0. The molecule has 16 heavy (non-hydrogen) atoms. The lowest BCUT2D eigenvalue weighted by atomic mass is 10.2. The van der Waals surface area contributed by atoms with E-state index in [1.807, 2.05) is 6.07 Å². The zero-order chi connectivity index (χ0) is 11.4. The van der Waals surface area contributed by atoms with E-state index in [-0.39, 0.29) is 5.56 Å². The van der Waals surface area contributed by atoms with Gasteiger partial charge in [0.25, 0.3) is 0 Å². The highest BCUT2D eigenvalue weighted by Gasteiger charge is 2.04. The molecule has 0 amide bonds. The zero-order valence-corrected chi connectivity index (χ0v) is 8.29. The van der Waals surface area contributed by atoms with Crippen LogP contribution in [0.1, 0.15) is 10.4 Å². The van der Waals surface area contributed by atoms with Gasteiger partial charge in [-0.15, -0.1) is 0 Å². The van der Waals surface area contributed by atoms with Crippen molar-refractivity contribution >= 4 is 17.5 Å². The van der Waals surface area contributed by atoms with Gasteiger partial charge in [-0.1, -0.05) is 6.07 Å². The minimum absolute atomic E-state index is 0.140. The van der Waals surface area contributed by atoms with Crippen LogP contribution in [0.3, 0.4) is 0 Å². The van der Waals surface area contributed by atoms with Gasteiger partial charge in [-0.2, -0.15) is 0 Å². The number of hydrogen-bond acceptors (Lipinski definition) is 4. The molecule has 0 bridgehead atoms. The van der Waals surface area contributed by atoms with Crippen molar-refractivity contribution in [1.29, 1.82) is 0 Å². The minimum atomic E-state index is -1.00. The maximum atomic E-state index is 10.7. The standard InChI is InChI=1S/C11H9N3O2/c15-11(16)8-5-9(7-12-6-8)14-10-3-1-2-4-13-10/h1-7H,(H,13,14)(H,15,16). The smallest absolute Gasteiger partial charge is 0.337 e. The molecule has 0 fully saturated rings. The molecule has 0 saturated carbocycles. The number of carbonyl (C=O) groups is 1. The third-order valence-electron chi connectivity index (χ3n) is 1.92. The van der Waals surface area contributed by atoms with Crippen LogP contribution in [-0.4, -0.2) is 21.0 Å². The second-order valence-electron chi connectivity index (χ2n) is 3.11. The Bertz CT molecular complexity index is 500. The second kappa shape index (κ2) is 4.39. The van der Waals surface area contributed by atoms with Crippen LogP contribution in [-0.2, 0) is 0 Å². The maximum Gasteiger partial charge on any atom is 0.337 e. The molecule has 0 aliphatic carbocycles. The first kappa shape index (κ1) is 10.1. The van der Waals surface area contributed by atoms with Gasteiger partial charge >= 0.3 is 5.97 Å². The van der Waals surface area contributed by atoms with Crippen molar-refractivity contribution < 1.29 is 9.90 Å². The summed E-state index contributed by atoms with van der Waals surface area (Å²) in [6.07, 6.45) is 4.49. The summed E-state index contributed by atoms with van der Waals surface area (Å²) >= 11 is 0. The largest absolute Gasteiger partial charge is 0.478 e. The molecule has 5 heteroatoms. The normalized spacial score (nSPS) is 9.75. The average molecular weight is 215 g/mol. The molecule has 2 aromatic heterocycles. The SMILES string of the molecule is O=C(O)c1cncc(Nc2ccccn2)c1. The van der Waals surface area contributed by atoms with Crippen LogP contribution in [0, 0.1) is 0 Å². The Labute approximate surface area is 91.8 Å². The second-order valence-corrected chi connectivity index (χ2v) is 3.11. The van der Waals surface area contributed by atoms with E-state index in [0.717, 1.165) is 0 Å². The summed E-state index contributed by atoms with van der Waals surface area (Å²) in [5.74, 6) is -0.357. The first-order valence-electron chi connectivity index (χ1n) is 4.62. The average Bonchev–Trinajstić information content (AvgIpc) is 2.30. The van der Waals surface area contributed by atoms with Crippen molar-refractivity contribution in [2.75, 3.05) is 5.32 Å². The molecule has 0 aliphatic rings. The summed E-state index contributed by atoms with van der Waals surface area (Å²) in [7, 11) is 0. The van der Waals surface area contributed by atoms with Gasteiger partial charge in [-0.25, -0.2) is 9.78 Å². The number of nitrogens with one attached hydrogen (secondary N) is 1. The van der Waals surface area contributed by atoms with E-state index in [1.165, 1.54) is 12.3 Å². The van der Waals surface area contributed by atoms with E-state index in [9.17, 15) is 4.79 Å². The first-order valence-corrected chi connectivity index (χ1v) is 4.62. The highest BCUT2D eigenvalue weighted by atomic mass is 16.4. The van der Waals surface area contributed by atoms with Gasteiger partial charge < -0.3 is 10.4 Å². The molecule has 80 valence electrons. The lowest BCUT2D eigenvalue weighted by Gasteiger charge is -2.04. The van der Waals surface area contributed by atoms with Gasteiger partial charge in [0.2, 0.25) is 0 Å². The van der Waals surface area contributed by atoms with Crippen molar-refractivity contribution in [3.05, 3.63) is 48.4 Å². The van der Waals surface area contributed by atoms with Crippen LogP contribution in [0.2, 0.25) is 0 Å². The molecule has 5 nitrogen and oxygen atoms in total. The lowest BCUT2D eigenvalue weighted by Crippen LogP contribution is -1.99. The van der Waals surface area contributed by atoms with Crippen LogP contribution < -0.4 is 5.32 Å². The quantitative estimate of drug-likeness (QED) is 0.818. The summed E-state index contributed by atoms with van der Waals surface area (Å²) in [5, 5.41) is 11.8. The monoisotopic (exact) mass is 215 g/mol. The number of pyridine rings is 2. The summed E-state index contributed by atoms with van der Waals surface area (Å²) in [6, 6.07) is 6.93. The molecule has 0 radical (unpaired) electrons. The predicted octanol–water partition coefficient (Wildman–Crippen LogP) is 1.92. The molecule has 2 N–H and O–H groups in total. The van der Waals surface area contributed by atoms with Gasteiger partial charge in [-0.3, -0.25) is 4.98 Å². The van der Waals surface area contributed by atoms with Crippen molar-refractivity contribution in [3.8, 4) is 0 Å². The highest BCUT2D eigenvalue weighted by molar-refractivity contribution is 5.88. The van der Waals surface area contributed by atoms with Gasteiger partial charge in [0.15, 0.2) is 0 Å². The van der Waals surface area contributed by atoms with E-state index < -0.39 is 5.97 Å². The molecule has 2 rings (SSSR count). The van der Waals surface area contributed by atoms with Crippen molar-refractivity contribution in [3.63, 3.8) is 0 Å². The molecule has 0 aromatic carbocycles. The molecule has 0 unspecified atom stereocenters. The Kier molecular flexibility index (Phi) is 2.77. The Morgan fingerprint density at radius 2 is 2.19 bits per heavy atom. The van der Waals surface area contributed by atoms with Crippen molar-refractivity contribution in [1.82, 2.24) is 9.97 Å².